The standard InChI is InChI=1S/C21H23FN2O2/c22-17-3-1-16(2-4-17)18-8-19(26-24-18)20(25)23-12-21-9-13-5-14(10-21)7-15(6-13)11-21/h1-4,8,13-15H,5-7,9-12H2,(H,23,25). The van der Waals surface area contributed by atoms with Crippen LogP contribution in [0.25, 0.3) is 11.3 Å². The Morgan fingerprint density at radius 1 is 1.12 bits per heavy atom. The average molecular weight is 354 g/mol. The normalized spacial score (nSPS) is 32.0. The van der Waals surface area contributed by atoms with E-state index in [2.05, 4.69) is 10.5 Å². The highest BCUT2D eigenvalue weighted by molar-refractivity contribution is 5.92. The predicted molar refractivity (Wildman–Crippen MR) is 94.8 cm³/mol. The summed E-state index contributed by atoms with van der Waals surface area (Å²) in [7, 11) is 0. The van der Waals surface area contributed by atoms with E-state index in [1.54, 1.807) is 18.2 Å². The van der Waals surface area contributed by atoms with Crippen molar-refractivity contribution >= 4 is 5.91 Å². The maximum Gasteiger partial charge on any atom is 0.289 e. The average Bonchev–Trinajstić information content (AvgIpc) is 3.09. The van der Waals surface area contributed by atoms with Gasteiger partial charge in [-0.2, -0.15) is 0 Å². The summed E-state index contributed by atoms with van der Waals surface area (Å²) in [6, 6.07) is 7.63. The Balaban J connectivity index is 1.26. The predicted octanol–water partition coefficient (Wildman–Crippen LogP) is 4.43. The van der Waals surface area contributed by atoms with Crippen molar-refractivity contribution in [3.8, 4) is 11.3 Å². The Morgan fingerprint density at radius 2 is 1.73 bits per heavy atom. The van der Waals surface area contributed by atoms with Crippen LogP contribution in [0, 0.1) is 29.0 Å². The number of rotatable bonds is 4. The summed E-state index contributed by atoms with van der Waals surface area (Å²) in [5.41, 5.74) is 1.57. The first-order valence-electron chi connectivity index (χ1n) is 9.59. The quantitative estimate of drug-likeness (QED) is 0.884. The van der Waals surface area contributed by atoms with Crippen LogP contribution in [0.3, 0.4) is 0 Å². The fraction of sp³-hybridized carbons (Fsp3) is 0.524. The number of carbonyl (C=O) groups is 1. The van der Waals surface area contributed by atoms with E-state index in [4.69, 9.17) is 4.52 Å². The van der Waals surface area contributed by atoms with Crippen LogP contribution in [0.1, 0.15) is 49.1 Å². The van der Waals surface area contributed by atoms with Crippen LogP contribution in [0.5, 0.6) is 0 Å². The SMILES string of the molecule is O=C(NCC12CC3CC(CC(C3)C1)C2)c1cc(-c2ccc(F)cc2)no1. The van der Waals surface area contributed by atoms with Gasteiger partial charge in [0, 0.05) is 18.2 Å². The smallest absolute Gasteiger partial charge is 0.289 e. The van der Waals surface area contributed by atoms with Crippen LogP contribution in [0.15, 0.2) is 34.9 Å². The second-order valence-corrected chi connectivity index (χ2v) is 8.68. The highest BCUT2D eigenvalue weighted by Crippen LogP contribution is 2.59. The van der Waals surface area contributed by atoms with E-state index in [1.165, 1.54) is 50.7 Å². The highest BCUT2D eigenvalue weighted by Gasteiger charge is 2.50. The molecule has 0 radical (unpaired) electrons. The lowest BCUT2D eigenvalue weighted by Gasteiger charge is -2.56. The molecule has 4 aliphatic rings. The third kappa shape index (κ3) is 2.83. The molecule has 1 heterocycles. The van der Waals surface area contributed by atoms with E-state index >= 15 is 0 Å². The molecule has 26 heavy (non-hydrogen) atoms. The lowest BCUT2D eigenvalue weighted by atomic mass is 9.49. The molecule has 0 spiro atoms. The third-order valence-corrected chi connectivity index (χ3v) is 6.66. The van der Waals surface area contributed by atoms with Gasteiger partial charge in [0.2, 0.25) is 5.76 Å². The fourth-order valence-electron chi connectivity index (χ4n) is 6.00. The van der Waals surface area contributed by atoms with E-state index in [1.807, 2.05) is 0 Å². The first-order valence-corrected chi connectivity index (χ1v) is 9.59. The van der Waals surface area contributed by atoms with Crippen LogP contribution in [-0.2, 0) is 0 Å². The number of nitrogens with one attached hydrogen (secondary N) is 1. The van der Waals surface area contributed by atoms with Gasteiger partial charge in [-0.3, -0.25) is 4.79 Å². The zero-order chi connectivity index (χ0) is 17.7. The van der Waals surface area contributed by atoms with Crippen LogP contribution < -0.4 is 5.32 Å². The van der Waals surface area contributed by atoms with Crippen molar-refractivity contribution in [3.05, 3.63) is 41.9 Å². The molecule has 4 aliphatic carbocycles. The zero-order valence-corrected chi connectivity index (χ0v) is 14.7. The number of carbonyl (C=O) groups excluding carboxylic acids is 1. The summed E-state index contributed by atoms with van der Waals surface area (Å²) < 4.78 is 18.3. The second-order valence-electron chi connectivity index (χ2n) is 8.68. The van der Waals surface area contributed by atoms with E-state index in [0.717, 1.165) is 29.9 Å². The molecule has 0 aliphatic heterocycles. The van der Waals surface area contributed by atoms with Crippen LogP contribution in [0.4, 0.5) is 4.39 Å². The molecule has 1 N–H and O–H groups in total. The summed E-state index contributed by atoms with van der Waals surface area (Å²) in [6.45, 7) is 0.738. The highest BCUT2D eigenvalue weighted by atomic mass is 19.1. The summed E-state index contributed by atoms with van der Waals surface area (Å²) in [5.74, 6) is 2.32. The first-order chi connectivity index (χ1) is 12.6. The van der Waals surface area contributed by atoms with Crippen LogP contribution in [0.2, 0.25) is 0 Å². The Kier molecular flexibility index (Phi) is 3.66. The van der Waals surface area contributed by atoms with Crippen molar-refractivity contribution in [3.63, 3.8) is 0 Å². The van der Waals surface area contributed by atoms with Crippen molar-refractivity contribution in [1.29, 1.82) is 0 Å². The minimum absolute atomic E-state index is 0.207. The maximum atomic E-state index is 13.0. The molecule has 4 bridgehead atoms. The Labute approximate surface area is 152 Å². The molecule has 0 atom stereocenters. The molecule has 2 aromatic rings. The van der Waals surface area contributed by atoms with Gasteiger partial charge >= 0.3 is 0 Å². The molecular weight excluding hydrogens is 331 g/mol. The van der Waals surface area contributed by atoms with Gasteiger partial charge in [-0.05, 0) is 86.0 Å². The van der Waals surface area contributed by atoms with Crippen molar-refractivity contribution in [2.75, 3.05) is 6.54 Å². The maximum absolute atomic E-state index is 13.0. The molecule has 4 nitrogen and oxygen atoms in total. The molecule has 6 rings (SSSR count). The number of halogens is 1. The molecule has 136 valence electrons. The number of benzene rings is 1. The van der Waals surface area contributed by atoms with E-state index < -0.39 is 0 Å². The first kappa shape index (κ1) is 16.0. The van der Waals surface area contributed by atoms with Crippen LogP contribution in [-0.4, -0.2) is 17.6 Å². The number of hydrogen-bond donors (Lipinski definition) is 1. The number of aromatic nitrogens is 1. The van der Waals surface area contributed by atoms with Gasteiger partial charge in [-0.1, -0.05) is 5.16 Å². The third-order valence-electron chi connectivity index (χ3n) is 6.66. The zero-order valence-electron chi connectivity index (χ0n) is 14.7. The minimum Gasteiger partial charge on any atom is -0.350 e. The summed E-state index contributed by atoms with van der Waals surface area (Å²) >= 11 is 0. The molecule has 4 fully saturated rings. The van der Waals surface area contributed by atoms with Gasteiger partial charge in [0.25, 0.3) is 5.91 Å². The second kappa shape index (κ2) is 5.93. The van der Waals surface area contributed by atoms with Gasteiger partial charge in [0.05, 0.1) is 0 Å². The van der Waals surface area contributed by atoms with E-state index in [9.17, 15) is 9.18 Å². The summed E-state index contributed by atoms with van der Waals surface area (Å²) in [5, 5.41) is 7.05. The molecule has 4 saturated carbocycles. The Morgan fingerprint density at radius 3 is 2.35 bits per heavy atom. The number of amides is 1. The Bertz CT molecular complexity index is 792. The minimum atomic E-state index is -0.300. The molecule has 1 aromatic heterocycles. The van der Waals surface area contributed by atoms with Gasteiger partial charge in [-0.25, -0.2) is 4.39 Å². The Hall–Kier alpha value is -2.17. The molecular formula is C21H23FN2O2. The monoisotopic (exact) mass is 354 g/mol. The van der Waals surface area contributed by atoms with Crippen molar-refractivity contribution in [2.45, 2.75) is 38.5 Å². The topological polar surface area (TPSA) is 55.1 Å². The molecule has 5 heteroatoms. The lowest BCUT2D eigenvalue weighted by Crippen LogP contribution is -2.51. The van der Waals surface area contributed by atoms with Crippen molar-refractivity contribution < 1.29 is 13.7 Å². The fourth-order valence-corrected chi connectivity index (χ4v) is 6.00. The number of hydrogen-bond acceptors (Lipinski definition) is 3. The lowest BCUT2D eigenvalue weighted by molar-refractivity contribution is -0.0504. The molecule has 0 unspecified atom stereocenters. The van der Waals surface area contributed by atoms with Gasteiger partial charge in [0.1, 0.15) is 11.5 Å². The molecule has 1 aromatic carbocycles. The van der Waals surface area contributed by atoms with Gasteiger partial charge in [0.15, 0.2) is 0 Å². The number of nitrogens with zero attached hydrogens (tertiary/aromatic N) is 1. The van der Waals surface area contributed by atoms with Crippen LogP contribution >= 0.6 is 0 Å². The molecule has 0 saturated heterocycles. The van der Waals surface area contributed by atoms with Gasteiger partial charge < -0.3 is 9.84 Å². The van der Waals surface area contributed by atoms with Crippen molar-refractivity contribution in [1.82, 2.24) is 10.5 Å². The van der Waals surface area contributed by atoms with E-state index in [0.29, 0.717) is 11.1 Å². The molecule has 1 amide bonds. The summed E-state index contributed by atoms with van der Waals surface area (Å²) in [4.78, 5) is 12.5. The van der Waals surface area contributed by atoms with Gasteiger partial charge in [-0.15, -0.1) is 0 Å². The largest absolute Gasteiger partial charge is 0.350 e. The van der Waals surface area contributed by atoms with E-state index in [-0.39, 0.29) is 17.5 Å². The van der Waals surface area contributed by atoms with Crippen molar-refractivity contribution in [2.24, 2.45) is 23.2 Å². The summed E-state index contributed by atoms with van der Waals surface area (Å²) in [6.07, 6.45) is 7.98.